The lowest BCUT2D eigenvalue weighted by Gasteiger charge is -2.40. The molecule has 1 fully saturated rings. The highest BCUT2D eigenvalue weighted by Gasteiger charge is 2.39. The highest BCUT2D eigenvalue weighted by molar-refractivity contribution is 14.1. The van der Waals surface area contributed by atoms with Gasteiger partial charge in [-0.1, -0.05) is 43.4 Å². The maximum absolute atomic E-state index is 6.43. The Labute approximate surface area is 110 Å². The summed E-state index contributed by atoms with van der Waals surface area (Å²) in [6.07, 6.45) is 5.80. The minimum absolute atomic E-state index is 0.355. The molecule has 0 radical (unpaired) electrons. The van der Waals surface area contributed by atoms with Crippen LogP contribution in [0.2, 0.25) is 18.1 Å². The molecule has 0 saturated heterocycles. The Morgan fingerprint density at radius 2 is 1.53 bits per heavy atom. The minimum atomic E-state index is -1.52. The molecule has 15 heavy (non-hydrogen) atoms. The van der Waals surface area contributed by atoms with Gasteiger partial charge in [0.25, 0.3) is 0 Å². The molecular weight excluding hydrogens is 315 g/mol. The fraction of sp³-hybridized carbons (Fsp3) is 1.00. The van der Waals surface area contributed by atoms with Crippen LogP contribution in [0.1, 0.15) is 46.5 Å². The Morgan fingerprint density at radius 1 is 1.07 bits per heavy atom. The van der Waals surface area contributed by atoms with Crippen LogP contribution in [0.25, 0.3) is 0 Å². The van der Waals surface area contributed by atoms with Crippen molar-refractivity contribution in [2.24, 2.45) is 0 Å². The van der Waals surface area contributed by atoms with Crippen molar-refractivity contribution in [3.05, 3.63) is 0 Å². The normalized spacial score (nSPS) is 29.2. The third-order valence-corrected chi connectivity index (χ3v) is 9.65. The maximum atomic E-state index is 6.43. The summed E-state index contributed by atoms with van der Waals surface area (Å²) in [5.41, 5.74) is 0. The Kier molecular flexibility index (Phi) is 4.70. The van der Waals surface area contributed by atoms with Crippen molar-refractivity contribution >= 4 is 30.9 Å². The smallest absolute Gasteiger partial charge is 0.192 e. The van der Waals surface area contributed by atoms with Gasteiger partial charge in [0.1, 0.15) is 0 Å². The first-order valence-corrected chi connectivity index (χ1v) is 10.2. The molecule has 1 aliphatic rings. The number of halogens is 1. The molecular formula is C12H25IOSi. The molecule has 0 amide bonds. The Hall–Kier alpha value is 0.907. The quantitative estimate of drug-likeness (QED) is 0.400. The van der Waals surface area contributed by atoms with Gasteiger partial charge in [0.05, 0.1) is 0 Å². The zero-order valence-corrected chi connectivity index (χ0v) is 13.9. The van der Waals surface area contributed by atoms with Crippen molar-refractivity contribution in [1.29, 1.82) is 0 Å². The first-order valence-electron chi connectivity index (χ1n) is 6.04. The van der Waals surface area contributed by atoms with Crippen LogP contribution >= 0.6 is 22.6 Å². The molecule has 0 aromatic rings. The van der Waals surface area contributed by atoms with Gasteiger partial charge in [-0.15, -0.1) is 0 Å². The van der Waals surface area contributed by atoms with Crippen LogP contribution in [-0.2, 0) is 4.43 Å². The summed E-state index contributed by atoms with van der Waals surface area (Å²) in [7, 11) is -1.52. The van der Waals surface area contributed by atoms with Crippen LogP contribution in [-0.4, -0.2) is 18.3 Å². The second-order valence-electron chi connectivity index (χ2n) is 6.25. The molecule has 0 unspecified atom stereocenters. The van der Waals surface area contributed by atoms with Gasteiger partial charge in [0.2, 0.25) is 0 Å². The van der Waals surface area contributed by atoms with Crippen LogP contribution in [0.4, 0.5) is 0 Å². The summed E-state index contributed by atoms with van der Waals surface area (Å²) in [5.74, 6) is 0. The van der Waals surface area contributed by atoms with Gasteiger partial charge in [-0.05, 0) is 43.8 Å². The fourth-order valence-corrected chi connectivity index (χ4v) is 3.88. The molecule has 0 aliphatic heterocycles. The zero-order valence-electron chi connectivity index (χ0n) is 10.8. The van der Waals surface area contributed by atoms with Crippen LogP contribution in [0.5, 0.6) is 0 Å². The molecule has 90 valence electrons. The average molecular weight is 340 g/mol. The predicted octanol–water partition coefficient (Wildman–Crippen LogP) is 4.75. The van der Waals surface area contributed by atoms with Crippen LogP contribution < -0.4 is 0 Å². The van der Waals surface area contributed by atoms with E-state index in [2.05, 4.69) is 56.5 Å². The van der Waals surface area contributed by atoms with E-state index in [0.717, 1.165) is 3.92 Å². The van der Waals surface area contributed by atoms with Crippen LogP contribution in [0.3, 0.4) is 0 Å². The topological polar surface area (TPSA) is 9.23 Å². The molecule has 0 bridgehead atoms. The van der Waals surface area contributed by atoms with Crippen molar-refractivity contribution in [1.82, 2.24) is 0 Å². The first-order chi connectivity index (χ1) is 6.72. The molecule has 0 heterocycles. The molecule has 1 nitrogen and oxygen atoms in total. The summed E-state index contributed by atoms with van der Waals surface area (Å²) in [6.45, 7) is 11.7. The van der Waals surface area contributed by atoms with Gasteiger partial charge in [0, 0.05) is 10.0 Å². The summed E-state index contributed by atoms with van der Waals surface area (Å²) in [5, 5.41) is 0.355. The van der Waals surface area contributed by atoms with E-state index in [4.69, 9.17) is 4.43 Å². The van der Waals surface area contributed by atoms with Gasteiger partial charge in [0.15, 0.2) is 8.32 Å². The molecule has 1 saturated carbocycles. The second kappa shape index (κ2) is 5.04. The van der Waals surface area contributed by atoms with E-state index in [1.54, 1.807) is 0 Å². The van der Waals surface area contributed by atoms with Crippen molar-refractivity contribution in [3.63, 3.8) is 0 Å². The molecule has 0 aromatic carbocycles. The predicted molar refractivity (Wildman–Crippen MR) is 78.3 cm³/mol. The Balaban J connectivity index is 2.48. The van der Waals surface area contributed by atoms with Crippen LogP contribution in [0.15, 0.2) is 0 Å². The van der Waals surface area contributed by atoms with Gasteiger partial charge in [-0.25, -0.2) is 0 Å². The summed E-state index contributed by atoms with van der Waals surface area (Å²) >= 11 is 2.58. The van der Waals surface area contributed by atoms with E-state index in [-0.39, 0.29) is 0 Å². The lowest BCUT2D eigenvalue weighted by Crippen LogP contribution is -2.44. The molecule has 0 N–H and O–H groups in total. The van der Waals surface area contributed by atoms with E-state index >= 15 is 0 Å². The lowest BCUT2D eigenvalue weighted by molar-refractivity contribution is 0.141. The van der Waals surface area contributed by atoms with E-state index in [1.165, 1.54) is 25.7 Å². The third kappa shape index (κ3) is 4.00. The van der Waals surface area contributed by atoms with Crippen molar-refractivity contribution in [2.45, 2.75) is 74.6 Å². The number of hydrogen-bond donors (Lipinski definition) is 0. The number of rotatable bonds is 2. The van der Waals surface area contributed by atoms with E-state index in [0.29, 0.717) is 11.1 Å². The molecule has 1 aliphatic carbocycles. The van der Waals surface area contributed by atoms with Gasteiger partial charge in [-0.3, -0.25) is 0 Å². The van der Waals surface area contributed by atoms with Crippen molar-refractivity contribution < 1.29 is 4.43 Å². The number of alkyl halides is 1. The minimum Gasteiger partial charge on any atom is -0.414 e. The maximum Gasteiger partial charge on any atom is 0.192 e. The van der Waals surface area contributed by atoms with Gasteiger partial charge < -0.3 is 4.43 Å². The molecule has 3 heteroatoms. The zero-order chi connectivity index (χ0) is 11.7. The van der Waals surface area contributed by atoms with Gasteiger partial charge >= 0.3 is 0 Å². The first kappa shape index (κ1) is 14.0. The van der Waals surface area contributed by atoms with E-state index in [1.807, 2.05) is 0 Å². The SMILES string of the molecule is CC(C)(C)[Si](C)(C)O[C@H]1CC[C@@H](I)CC1. The summed E-state index contributed by atoms with van der Waals surface area (Å²) in [4.78, 5) is 0. The molecule has 0 atom stereocenters. The molecule has 0 spiro atoms. The van der Waals surface area contributed by atoms with Crippen molar-refractivity contribution in [3.8, 4) is 0 Å². The van der Waals surface area contributed by atoms with Crippen molar-refractivity contribution in [2.75, 3.05) is 0 Å². The number of hydrogen-bond acceptors (Lipinski definition) is 1. The second-order valence-corrected chi connectivity index (χ2v) is 12.8. The standard InChI is InChI=1S/C12H25IOSi/c1-12(2,3)15(4,5)14-11-8-6-10(13)7-9-11/h10-11H,6-9H2,1-5H3/t10-,11+. The Morgan fingerprint density at radius 3 is 1.93 bits per heavy atom. The summed E-state index contributed by atoms with van der Waals surface area (Å²) < 4.78 is 7.32. The molecule has 1 rings (SSSR count). The average Bonchev–Trinajstić information content (AvgIpc) is 2.06. The monoisotopic (exact) mass is 340 g/mol. The highest BCUT2D eigenvalue weighted by atomic mass is 127. The van der Waals surface area contributed by atoms with Gasteiger partial charge in [-0.2, -0.15) is 0 Å². The fourth-order valence-electron chi connectivity index (χ4n) is 1.73. The lowest BCUT2D eigenvalue weighted by atomic mass is 9.98. The highest BCUT2D eigenvalue weighted by Crippen LogP contribution is 2.39. The van der Waals surface area contributed by atoms with Crippen LogP contribution in [0, 0.1) is 0 Å². The van der Waals surface area contributed by atoms with E-state index in [9.17, 15) is 0 Å². The summed E-state index contributed by atoms with van der Waals surface area (Å²) in [6, 6.07) is 0. The molecule has 0 aromatic heterocycles. The largest absolute Gasteiger partial charge is 0.414 e. The Bertz CT molecular complexity index is 202. The third-order valence-electron chi connectivity index (χ3n) is 3.87. The van der Waals surface area contributed by atoms with E-state index < -0.39 is 8.32 Å².